The van der Waals surface area contributed by atoms with E-state index in [1.807, 2.05) is 12.1 Å². The van der Waals surface area contributed by atoms with Crippen LogP contribution in [0.5, 0.6) is 5.75 Å². The molecule has 1 fully saturated rings. The number of halogens is 1. The molecule has 200 valence electrons. The van der Waals surface area contributed by atoms with Gasteiger partial charge in [0.05, 0.1) is 37.2 Å². The third-order valence-corrected chi connectivity index (χ3v) is 8.66. The highest BCUT2D eigenvalue weighted by atomic mass is 35.5. The number of aliphatic hydroxyl groups excluding tert-OH is 1. The summed E-state index contributed by atoms with van der Waals surface area (Å²) >= 11 is 6.38. The van der Waals surface area contributed by atoms with Crippen LogP contribution in [0.2, 0.25) is 5.02 Å². The highest BCUT2D eigenvalue weighted by Gasteiger charge is 2.33. The lowest BCUT2D eigenvalue weighted by molar-refractivity contribution is -0.120. The summed E-state index contributed by atoms with van der Waals surface area (Å²) in [6, 6.07) is 10.2. The fourth-order valence-electron chi connectivity index (χ4n) is 4.53. The van der Waals surface area contributed by atoms with Crippen LogP contribution in [0.15, 0.2) is 47.5 Å². The lowest BCUT2D eigenvalue weighted by atomic mass is 10.0. The van der Waals surface area contributed by atoms with Crippen molar-refractivity contribution < 1.29 is 23.1 Å². The number of carbonyl (C=O) groups is 1. The largest absolute Gasteiger partial charge is 0.495 e. The van der Waals surface area contributed by atoms with Crippen LogP contribution in [0.4, 0.5) is 23.1 Å². The molecule has 13 heteroatoms. The smallest absolute Gasteiger partial charge is 0.245 e. The zero-order valence-corrected chi connectivity index (χ0v) is 22.1. The van der Waals surface area contributed by atoms with Crippen molar-refractivity contribution in [3.8, 4) is 5.75 Å². The van der Waals surface area contributed by atoms with Crippen LogP contribution in [0.25, 0.3) is 0 Å². The number of hydrogen-bond donors (Lipinski definition) is 4. The maximum Gasteiger partial charge on any atom is 0.245 e. The van der Waals surface area contributed by atoms with E-state index in [1.165, 1.54) is 23.7 Å². The molecule has 2 aromatic carbocycles. The Kier molecular flexibility index (Phi) is 7.39. The van der Waals surface area contributed by atoms with Crippen LogP contribution in [-0.4, -0.2) is 66.6 Å². The van der Waals surface area contributed by atoms with Gasteiger partial charge in [-0.1, -0.05) is 23.7 Å². The number of nitrogens with one attached hydrogen (secondary N) is 3. The van der Waals surface area contributed by atoms with E-state index in [4.69, 9.17) is 16.3 Å². The quantitative estimate of drug-likeness (QED) is 0.343. The molecule has 38 heavy (non-hydrogen) atoms. The van der Waals surface area contributed by atoms with Crippen LogP contribution in [0.3, 0.4) is 0 Å². The Morgan fingerprint density at radius 1 is 1.18 bits per heavy atom. The second-order valence-corrected chi connectivity index (χ2v) is 11.4. The van der Waals surface area contributed by atoms with Gasteiger partial charge in [0.1, 0.15) is 15.7 Å². The second-order valence-electron chi connectivity index (χ2n) is 9.04. The van der Waals surface area contributed by atoms with E-state index < -0.39 is 16.1 Å². The summed E-state index contributed by atoms with van der Waals surface area (Å²) in [6.07, 6.45) is 2.06. The Labute approximate surface area is 225 Å². The number of β-amino-alcohol motifs (C(OH)–C–C–N with tert-alkyl or cyclic N) is 1. The van der Waals surface area contributed by atoms with Crippen LogP contribution >= 0.6 is 11.6 Å². The summed E-state index contributed by atoms with van der Waals surface area (Å²) in [5.41, 5.74) is 2.81. The van der Waals surface area contributed by atoms with Crippen LogP contribution in [0, 0.1) is 0 Å². The van der Waals surface area contributed by atoms with Gasteiger partial charge in [0, 0.05) is 19.6 Å². The van der Waals surface area contributed by atoms with Crippen molar-refractivity contribution in [1.29, 1.82) is 0 Å². The van der Waals surface area contributed by atoms with Crippen LogP contribution in [-0.2, 0) is 27.7 Å². The van der Waals surface area contributed by atoms with Gasteiger partial charge in [0.2, 0.25) is 21.9 Å². The van der Waals surface area contributed by atoms with Crippen molar-refractivity contribution in [1.82, 2.24) is 19.6 Å². The van der Waals surface area contributed by atoms with Crippen LogP contribution < -0.4 is 20.7 Å². The number of rotatable bonds is 7. The Morgan fingerprint density at radius 3 is 2.76 bits per heavy atom. The highest BCUT2D eigenvalue weighted by molar-refractivity contribution is 7.89. The fourth-order valence-corrected chi connectivity index (χ4v) is 6.31. The van der Waals surface area contributed by atoms with Gasteiger partial charge >= 0.3 is 0 Å². The molecule has 0 radical (unpaired) electrons. The molecule has 0 bridgehead atoms. The molecule has 2 aliphatic rings. The van der Waals surface area contributed by atoms with E-state index >= 15 is 0 Å². The molecule has 11 nitrogen and oxygen atoms in total. The van der Waals surface area contributed by atoms with E-state index in [0.717, 1.165) is 11.1 Å². The van der Waals surface area contributed by atoms with Crippen molar-refractivity contribution in [3.63, 3.8) is 0 Å². The number of nitrogens with zero attached hydrogens (tertiary/aromatic N) is 3. The predicted molar refractivity (Wildman–Crippen MR) is 143 cm³/mol. The Hall–Kier alpha value is -3.45. The van der Waals surface area contributed by atoms with Gasteiger partial charge in [-0.3, -0.25) is 4.79 Å². The lowest BCUT2D eigenvalue weighted by Gasteiger charge is -2.19. The van der Waals surface area contributed by atoms with Crippen molar-refractivity contribution in [2.45, 2.75) is 30.3 Å². The Bertz CT molecular complexity index is 1490. The molecule has 0 saturated carbocycles. The number of fused-ring (bicyclic) bond motifs is 1. The van der Waals surface area contributed by atoms with Crippen molar-refractivity contribution in [2.24, 2.45) is 0 Å². The van der Waals surface area contributed by atoms with Gasteiger partial charge in [-0.25, -0.2) is 13.4 Å². The molecule has 1 amide bonds. The molecule has 0 aliphatic carbocycles. The van der Waals surface area contributed by atoms with E-state index in [1.54, 1.807) is 18.2 Å². The molecule has 1 saturated heterocycles. The standard InChI is InChI=1S/C25H27ClN6O5S/c1-37-21-11-16-12-23(34)27-8-6-15(16)10-20(21)30-25-28-13-18(26)24(31-25)29-19-4-2-3-5-22(19)38(35,36)32-9-7-17(33)14-32/h2-5,10-11,13,17,33H,6-9,12,14H2,1H3,(H,27,34)(H2,28,29,30,31). The number of amides is 1. The molecule has 1 atom stereocenters. The third-order valence-electron chi connectivity index (χ3n) is 6.46. The SMILES string of the molecule is COc1cc2c(cc1Nc1ncc(Cl)c(Nc3ccccc3S(=O)(=O)N3CCC(O)C3)n1)CCNC(=O)C2. The predicted octanol–water partition coefficient (Wildman–Crippen LogP) is 2.60. The number of sulfonamides is 1. The summed E-state index contributed by atoms with van der Waals surface area (Å²) in [7, 11) is -2.32. The minimum atomic E-state index is -3.86. The van der Waals surface area contributed by atoms with Crippen molar-refractivity contribution >= 4 is 50.7 Å². The molecule has 2 aliphatic heterocycles. The second kappa shape index (κ2) is 10.7. The van der Waals surface area contributed by atoms with Gasteiger partial charge in [-0.2, -0.15) is 9.29 Å². The molecule has 1 unspecified atom stereocenters. The minimum Gasteiger partial charge on any atom is -0.495 e. The van der Waals surface area contributed by atoms with Gasteiger partial charge in [-0.05, 0) is 48.2 Å². The number of methoxy groups -OCH3 is 1. The molecule has 0 spiro atoms. The highest BCUT2D eigenvalue weighted by Crippen LogP contribution is 2.34. The number of hydrogen-bond acceptors (Lipinski definition) is 9. The third kappa shape index (κ3) is 5.39. The lowest BCUT2D eigenvalue weighted by Crippen LogP contribution is -2.30. The topological polar surface area (TPSA) is 146 Å². The number of aliphatic hydroxyl groups is 1. The van der Waals surface area contributed by atoms with Crippen molar-refractivity contribution in [2.75, 3.05) is 37.4 Å². The number of anilines is 4. The number of aromatic nitrogens is 2. The molecule has 5 rings (SSSR count). The number of benzene rings is 2. The van der Waals surface area contributed by atoms with E-state index in [9.17, 15) is 18.3 Å². The first-order chi connectivity index (χ1) is 18.2. The van der Waals surface area contributed by atoms with Crippen molar-refractivity contribution in [3.05, 3.63) is 58.7 Å². The summed E-state index contributed by atoms with van der Waals surface area (Å²) in [4.78, 5) is 20.8. The van der Waals surface area contributed by atoms with E-state index in [0.29, 0.717) is 36.5 Å². The monoisotopic (exact) mass is 558 g/mol. The zero-order chi connectivity index (χ0) is 26.9. The van der Waals surface area contributed by atoms with Crippen LogP contribution in [0.1, 0.15) is 17.5 Å². The molecule has 3 aromatic rings. The first-order valence-corrected chi connectivity index (χ1v) is 13.9. The average Bonchev–Trinajstić information content (AvgIpc) is 3.26. The normalized spacial score (nSPS) is 17.9. The van der Waals surface area contributed by atoms with E-state index in [2.05, 4.69) is 25.9 Å². The number of para-hydroxylation sites is 1. The molecule has 3 heterocycles. The van der Waals surface area contributed by atoms with Gasteiger partial charge in [0.15, 0.2) is 5.82 Å². The summed E-state index contributed by atoms with van der Waals surface area (Å²) in [6.45, 7) is 0.834. The van der Waals surface area contributed by atoms with Gasteiger partial charge in [0.25, 0.3) is 0 Å². The number of ether oxygens (including phenoxy) is 1. The molecule has 1 aromatic heterocycles. The van der Waals surface area contributed by atoms with Gasteiger partial charge < -0.3 is 25.8 Å². The number of carbonyl (C=O) groups excluding carboxylic acids is 1. The Morgan fingerprint density at radius 2 is 2.00 bits per heavy atom. The zero-order valence-electron chi connectivity index (χ0n) is 20.6. The summed E-state index contributed by atoms with van der Waals surface area (Å²) in [5.74, 6) is 0.903. The average molecular weight is 559 g/mol. The minimum absolute atomic E-state index is 0.0357. The maximum absolute atomic E-state index is 13.3. The van der Waals surface area contributed by atoms with Gasteiger partial charge in [-0.15, -0.1) is 0 Å². The first-order valence-electron chi connectivity index (χ1n) is 12.0. The summed E-state index contributed by atoms with van der Waals surface area (Å²) in [5, 5.41) is 19.1. The summed E-state index contributed by atoms with van der Waals surface area (Å²) < 4.78 is 33.4. The molecule has 4 N–H and O–H groups in total. The Balaban J connectivity index is 1.43. The molecular weight excluding hydrogens is 532 g/mol. The fraction of sp³-hybridized carbons (Fsp3) is 0.320. The maximum atomic E-state index is 13.3. The first kappa shape index (κ1) is 26.2. The molecular formula is C25H27ClN6O5S. The van der Waals surface area contributed by atoms with E-state index in [-0.39, 0.29) is 47.1 Å².